The van der Waals surface area contributed by atoms with E-state index in [1.54, 1.807) is 14.2 Å². The number of likely N-dealkylation sites (tertiary alicyclic amines) is 1. The van der Waals surface area contributed by atoms with Gasteiger partial charge in [0.15, 0.2) is 5.76 Å². The number of hydrogen-bond acceptors (Lipinski definition) is 9. The van der Waals surface area contributed by atoms with E-state index in [4.69, 9.17) is 14.2 Å². The monoisotopic (exact) mass is 616 g/mol. The molecule has 2 aromatic rings. The maximum Gasteiger partial charge on any atom is 0.372 e. The number of ether oxygens (including phenoxy) is 5. The van der Waals surface area contributed by atoms with Crippen molar-refractivity contribution in [2.75, 3.05) is 68.1 Å². The van der Waals surface area contributed by atoms with Crippen molar-refractivity contribution in [2.24, 2.45) is 5.41 Å². The lowest BCUT2D eigenvalue weighted by Gasteiger charge is -2.28. The Morgan fingerprint density at radius 1 is 0.860 bits per heavy atom. The zero-order chi connectivity index (χ0) is 32.3. The van der Waals surface area contributed by atoms with E-state index in [0.717, 1.165) is 32.8 Å². The van der Waals surface area contributed by atoms with E-state index in [1.807, 2.05) is 18.2 Å². The highest BCUT2D eigenvalue weighted by atomic mass is 28.3. The fourth-order valence-corrected chi connectivity index (χ4v) is 6.36. The van der Waals surface area contributed by atoms with Crippen LogP contribution in [0.1, 0.15) is 17.5 Å². The summed E-state index contributed by atoms with van der Waals surface area (Å²) in [6.07, 6.45) is 1.97. The average molecular weight is 617 g/mol. The molecule has 1 heterocycles. The second kappa shape index (κ2) is 20.0. The highest BCUT2D eigenvalue weighted by Crippen LogP contribution is 2.33. The maximum absolute atomic E-state index is 12.0. The molecule has 10 heteroatoms. The van der Waals surface area contributed by atoms with Gasteiger partial charge in [0, 0.05) is 33.9 Å². The fraction of sp³-hybridized carbons (Fsp3) is 0.515. The van der Waals surface area contributed by atoms with E-state index in [1.165, 1.54) is 38.6 Å². The molecule has 0 aromatic heterocycles. The van der Waals surface area contributed by atoms with Gasteiger partial charge in [-0.1, -0.05) is 80.3 Å². The van der Waals surface area contributed by atoms with Crippen molar-refractivity contribution in [3.63, 3.8) is 0 Å². The number of carbonyl (C=O) groups is 2. The normalized spacial score (nSPS) is 16.3. The summed E-state index contributed by atoms with van der Waals surface area (Å²) in [5, 5.41) is 0. The predicted molar refractivity (Wildman–Crippen MR) is 173 cm³/mol. The highest BCUT2D eigenvalue weighted by Gasteiger charge is 2.45. The molecule has 0 spiro atoms. The van der Waals surface area contributed by atoms with Gasteiger partial charge < -0.3 is 23.7 Å². The van der Waals surface area contributed by atoms with Crippen LogP contribution in [0, 0.1) is 5.41 Å². The minimum absolute atomic E-state index is 0.0208. The highest BCUT2D eigenvalue weighted by molar-refractivity contribution is 6.76. The lowest BCUT2D eigenvalue weighted by Crippen LogP contribution is -2.40. The van der Waals surface area contributed by atoms with Gasteiger partial charge >= 0.3 is 11.9 Å². The molecular weight excluding hydrogens is 564 g/mol. The van der Waals surface area contributed by atoms with Crippen LogP contribution in [-0.4, -0.2) is 98.0 Å². The molecule has 1 aliphatic rings. The first-order valence-electron chi connectivity index (χ1n) is 14.3. The molecule has 0 aliphatic carbocycles. The van der Waals surface area contributed by atoms with Crippen LogP contribution in [-0.2, 0) is 46.4 Å². The van der Waals surface area contributed by atoms with E-state index in [0.29, 0.717) is 13.2 Å². The second-order valence-corrected chi connectivity index (χ2v) is 17.2. The van der Waals surface area contributed by atoms with Crippen LogP contribution < -0.4 is 0 Å². The van der Waals surface area contributed by atoms with Gasteiger partial charge in [0.1, 0.15) is 5.41 Å². The van der Waals surface area contributed by atoms with Gasteiger partial charge in [-0.15, -0.1) is 0 Å². The van der Waals surface area contributed by atoms with Crippen molar-refractivity contribution < 1.29 is 33.3 Å². The number of nitrogens with zero attached hydrogens (tertiary/aromatic N) is 2. The molecule has 0 bridgehead atoms. The molecule has 1 aliphatic heterocycles. The third kappa shape index (κ3) is 14.8. The van der Waals surface area contributed by atoms with Crippen molar-refractivity contribution in [2.45, 2.75) is 39.2 Å². The van der Waals surface area contributed by atoms with Crippen molar-refractivity contribution in [1.82, 2.24) is 9.80 Å². The maximum atomic E-state index is 12.0. The van der Waals surface area contributed by atoms with Crippen LogP contribution in [0.4, 0.5) is 0 Å². The van der Waals surface area contributed by atoms with Gasteiger partial charge in [-0.2, -0.15) is 0 Å². The van der Waals surface area contributed by atoms with E-state index in [-0.39, 0.29) is 11.7 Å². The molecule has 240 valence electrons. The van der Waals surface area contributed by atoms with Crippen LogP contribution in [0.2, 0.25) is 19.6 Å². The van der Waals surface area contributed by atoms with Crippen LogP contribution in [0.3, 0.4) is 0 Å². The summed E-state index contributed by atoms with van der Waals surface area (Å²) in [7, 11) is 6.40. The molecule has 0 N–H and O–H groups in total. The summed E-state index contributed by atoms with van der Waals surface area (Å²) in [5.74, 6) is -0.676. The van der Waals surface area contributed by atoms with E-state index in [2.05, 4.69) is 88.0 Å². The molecule has 1 atom stereocenters. The number of carbonyl (C=O) groups excluding carboxylic acids is 2. The standard InChI is InChI=1S/C15H21NO3.C13H23NOSi.C5H8O3/c1-18-12-15(14(17)19-2)8-9-16(11-15)10-13-6-4-3-5-7-13;1-15-11-14(12-16(2,3)4)10-13-8-6-5-7-9-13;1-4(7-2)5(6)8-3/h3-7H,8-12H2,1-2H3;5-9H,10-12H2,1-4H3;1H2,2-3H3. The van der Waals surface area contributed by atoms with Gasteiger partial charge in [-0.05, 0) is 36.8 Å². The third-order valence-electron chi connectivity index (χ3n) is 6.64. The van der Waals surface area contributed by atoms with Crippen LogP contribution in [0.5, 0.6) is 0 Å². The van der Waals surface area contributed by atoms with E-state index >= 15 is 0 Å². The minimum Gasteiger partial charge on any atom is -0.490 e. The van der Waals surface area contributed by atoms with Crippen molar-refractivity contribution in [1.29, 1.82) is 0 Å². The largest absolute Gasteiger partial charge is 0.490 e. The molecule has 9 nitrogen and oxygen atoms in total. The molecule has 43 heavy (non-hydrogen) atoms. The molecule has 1 fully saturated rings. The average Bonchev–Trinajstić information content (AvgIpc) is 3.40. The number of benzene rings is 2. The molecule has 1 unspecified atom stereocenters. The van der Waals surface area contributed by atoms with Gasteiger partial charge in [0.25, 0.3) is 0 Å². The van der Waals surface area contributed by atoms with Gasteiger partial charge in [-0.25, -0.2) is 4.79 Å². The van der Waals surface area contributed by atoms with Gasteiger partial charge in [0.2, 0.25) is 0 Å². The second-order valence-electron chi connectivity index (χ2n) is 11.7. The SMILES string of the molecule is C=C(OC)C(=O)OC.COCC1(C(=O)OC)CCN(Cc2ccccc2)C1.COCN(Cc1ccccc1)C[Si](C)(C)C. The fourth-order valence-electron chi connectivity index (χ4n) is 4.81. The summed E-state index contributed by atoms with van der Waals surface area (Å²) < 4.78 is 24.1. The van der Waals surface area contributed by atoms with Gasteiger partial charge in [0.05, 0.1) is 42.7 Å². The number of hydrogen-bond donors (Lipinski definition) is 0. The predicted octanol–water partition coefficient (Wildman–Crippen LogP) is 4.99. The Morgan fingerprint density at radius 2 is 1.44 bits per heavy atom. The smallest absolute Gasteiger partial charge is 0.372 e. The van der Waals surface area contributed by atoms with Crippen molar-refractivity contribution in [3.8, 4) is 0 Å². The van der Waals surface area contributed by atoms with Crippen LogP contribution in [0.25, 0.3) is 0 Å². The first-order chi connectivity index (χ1) is 20.4. The summed E-state index contributed by atoms with van der Waals surface area (Å²) in [5.41, 5.74) is 2.12. The zero-order valence-electron chi connectivity index (χ0n) is 27.4. The Bertz CT molecular complexity index is 1070. The number of esters is 2. The Morgan fingerprint density at radius 3 is 1.88 bits per heavy atom. The summed E-state index contributed by atoms with van der Waals surface area (Å²) in [6.45, 7) is 15.0. The summed E-state index contributed by atoms with van der Waals surface area (Å²) >= 11 is 0. The summed E-state index contributed by atoms with van der Waals surface area (Å²) in [6, 6.07) is 20.9. The first kappa shape index (κ1) is 38.0. The Labute approximate surface area is 259 Å². The Hall–Kier alpha value is -3.02. The molecule has 0 radical (unpaired) electrons. The summed E-state index contributed by atoms with van der Waals surface area (Å²) in [4.78, 5) is 27.0. The first-order valence-corrected chi connectivity index (χ1v) is 18.0. The molecule has 0 amide bonds. The third-order valence-corrected chi connectivity index (χ3v) is 8.03. The Balaban J connectivity index is 0.000000350. The lowest BCUT2D eigenvalue weighted by atomic mass is 9.88. The molecular formula is C33H52N2O7Si. The topological polar surface area (TPSA) is 86.8 Å². The number of rotatable bonds is 13. The quantitative estimate of drug-likeness (QED) is 0.102. The minimum atomic E-state index is -1.07. The lowest BCUT2D eigenvalue weighted by molar-refractivity contribution is -0.155. The number of methoxy groups -OCH3 is 5. The van der Waals surface area contributed by atoms with Gasteiger partial charge in [-0.3, -0.25) is 14.6 Å². The van der Waals surface area contributed by atoms with E-state index in [9.17, 15) is 9.59 Å². The molecule has 0 saturated carbocycles. The van der Waals surface area contributed by atoms with E-state index < -0.39 is 19.5 Å². The van der Waals surface area contributed by atoms with Crippen LogP contribution >= 0.6 is 0 Å². The molecule has 1 saturated heterocycles. The molecule has 3 rings (SSSR count). The van der Waals surface area contributed by atoms with Crippen molar-refractivity contribution >= 4 is 20.0 Å². The molecule has 2 aromatic carbocycles. The zero-order valence-corrected chi connectivity index (χ0v) is 28.4. The Kier molecular flexibility index (Phi) is 17.7. The van der Waals surface area contributed by atoms with Crippen molar-refractivity contribution in [3.05, 3.63) is 84.1 Å². The van der Waals surface area contributed by atoms with Crippen LogP contribution in [0.15, 0.2) is 73.0 Å².